The highest BCUT2D eigenvalue weighted by Crippen LogP contribution is 2.34. The maximum atomic E-state index is 6.17. The summed E-state index contributed by atoms with van der Waals surface area (Å²) >= 11 is 0. The first kappa shape index (κ1) is 12.2. The lowest BCUT2D eigenvalue weighted by atomic mass is 10.1. The van der Waals surface area contributed by atoms with E-state index in [1.54, 1.807) is 0 Å². The Morgan fingerprint density at radius 3 is 2.74 bits per heavy atom. The van der Waals surface area contributed by atoms with Gasteiger partial charge in [-0.15, -0.1) is 0 Å². The molecule has 0 unspecified atom stereocenters. The van der Waals surface area contributed by atoms with Crippen LogP contribution in [-0.4, -0.2) is 14.8 Å². The number of benzene rings is 1. The van der Waals surface area contributed by atoms with Gasteiger partial charge in [0.15, 0.2) is 11.6 Å². The van der Waals surface area contributed by atoms with E-state index in [1.807, 2.05) is 36.9 Å². The average molecular weight is 256 g/mol. The van der Waals surface area contributed by atoms with Gasteiger partial charge in [0.1, 0.15) is 0 Å². The van der Waals surface area contributed by atoms with Gasteiger partial charge >= 0.3 is 0 Å². The quantitative estimate of drug-likeness (QED) is 0.840. The highest BCUT2D eigenvalue weighted by Gasteiger charge is 2.23. The van der Waals surface area contributed by atoms with Gasteiger partial charge in [-0.1, -0.05) is 25.0 Å². The smallest absolute Gasteiger partial charge is 0.160 e. The highest BCUT2D eigenvalue weighted by molar-refractivity contribution is 5.74. The minimum absolute atomic E-state index is 0.533. The van der Waals surface area contributed by atoms with Crippen molar-refractivity contribution in [1.29, 1.82) is 0 Å². The highest BCUT2D eigenvalue weighted by atomic mass is 15.3. The first-order valence-corrected chi connectivity index (χ1v) is 6.93. The average Bonchev–Trinajstić information content (AvgIpc) is 3.02. The Bertz CT molecular complexity index is 594. The molecular weight excluding hydrogens is 236 g/mol. The van der Waals surface area contributed by atoms with Gasteiger partial charge in [-0.2, -0.15) is 5.10 Å². The predicted octanol–water partition coefficient (Wildman–Crippen LogP) is 3.03. The normalized spacial score (nSPS) is 16.1. The van der Waals surface area contributed by atoms with Crippen LogP contribution in [0.4, 0.5) is 5.69 Å². The van der Waals surface area contributed by atoms with E-state index in [9.17, 15) is 0 Å². The van der Waals surface area contributed by atoms with Crippen molar-refractivity contribution in [3.05, 3.63) is 29.6 Å². The van der Waals surface area contributed by atoms with Gasteiger partial charge < -0.3 is 5.73 Å². The van der Waals surface area contributed by atoms with Crippen LogP contribution in [0.3, 0.4) is 0 Å². The van der Waals surface area contributed by atoms with Crippen LogP contribution in [0.1, 0.15) is 43.0 Å². The number of hydrogen-bond acceptors (Lipinski definition) is 3. The molecule has 0 radical (unpaired) electrons. The molecule has 1 heterocycles. The molecule has 4 nitrogen and oxygen atoms in total. The zero-order valence-electron chi connectivity index (χ0n) is 11.6. The Morgan fingerprint density at radius 1 is 1.26 bits per heavy atom. The third kappa shape index (κ3) is 2.11. The third-order valence-corrected chi connectivity index (χ3v) is 4.06. The first-order valence-electron chi connectivity index (χ1n) is 6.93. The molecule has 100 valence electrons. The molecule has 2 N–H and O–H groups in total. The number of nitrogens with two attached hydrogens (primary N) is 1. The van der Waals surface area contributed by atoms with Crippen LogP contribution in [0.5, 0.6) is 0 Å². The summed E-state index contributed by atoms with van der Waals surface area (Å²) in [6, 6.07) is 6.06. The predicted molar refractivity (Wildman–Crippen MR) is 76.8 cm³/mol. The van der Waals surface area contributed by atoms with E-state index < -0.39 is 0 Å². The molecule has 1 aliphatic rings. The number of nitrogen functional groups attached to an aromatic ring is 1. The van der Waals surface area contributed by atoms with Crippen LogP contribution >= 0.6 is 0 Å². The Labute approximate surface area is 113 Å². The Hall–Kier alpha value is -1.84. The van der Waals surface area contributed by atoms with Crippen LogP contribution in [-0.2, 0) is 7.05 Å². The molecular formula is C15H20N4. The lowest BCUT2D eigenvalue weighted by Crippen LogP contribution is -1.99. The number of aromatic nitrogens is 3. The summed E-state index contributed by atoms with van der Waals surface area (Å²) in [6.07, 6.45) is 5.02. The van der Waals surface area contributed by atoms with E-state index in [2.05, 4.69) is 5.10 Å². The van der Waals surface area contributed by atoms with Gasteiger partial charge in [-0.05, 0) is 31.4 Å². The molecule has 1 fully saturated rings. The molecule has 19 heavy (non-hydrogen) atoms. The second-order valence-corrected chi connectivity index (χ2v) is 5.43. The summed E-state index contributed by atoms with van der Waals surface area (Å²) in [5.41, 5.74) is 9.04. The van der Waals surface area contributed by atoms with Gasteiger partial charge in [0, 0.05) is 24.2 Å². The van der Waals surface area contributed by atoms with Gasteiger partial charge in [-0.25, -0.2) is 9.67 Å². The molecule has 1 saturated carbocycles. The zero-order chi connectivity index (χ0) is 13.4. The topological polar surface area (TPSA) is 56.7 Å². The number of hydrogen-bond donors (Lipinski definition) is 1. The molecule has 1 aromatic carbocycles. The van der Waals surface area contributed by atoms with Crippen LogP contribution in [0.2, 0.25) is 0 Å². The number of para-hydroxylation sites is 1. The fourth-order valence-electron chi connectivity index (χ4n) is 2.87. The molecule has 4 heteroatoms. The molecule has 1 aromatic heterocycles. The third-order valence-electron chi connectivity index (χ3n) is 4.06. The van der Waals surface area contributed by atoms with Crippen molar-refractivity contribution in [3.63, 3.8) is 0 Å². The second kappa shape index (κ2) is 4.68. The minimum atomic E-state index is 0.533. The molecule has 3 rings (SSSR count). The van der Waals surface area contributed by atoms with Crippen molar-refractivity contribution in [2.24, 2.45) is 7.05 Å². The first-order chi connectivity index (χ1) is 9.16. The van der Waals surface area contributed by atoms with Gasteiger partial charge in [-0.3, -0.25) is 0 Å². The Morgan fingerprint density at radius 2 is 2.00 bits per heavy atom. The van der Waals surface area contributed by atoms with E-state index in [4.69, 9.17) is 10.7 Å². The van der Waals surface area contributed by atoms with E-state index in [1.165, 1.54) is 25.7 Å². The zero-order valence-corrected chi connectivity index (χ0v) is 11.6. The standard InChI is InChI=1S/C15H20N4/c1-10-6-5-9-12(13(10)16)15-17-14(18-19(15)2)11-7-3-4-8-11/h5-6,9,11H,3-4,7-8,16H2,1-2H3. The molecule has 2 aromatic rings. The molecule has 0 atom stereocenters. The molecule has 0 spiro atoms. The monoisotopic (exact) mass is 256 g/mol. The van der Waals surface area contributed by atoms with E-state index in [-0.39, 0.29) is 0 Å². The fourth-order valence-corrected chi connectivity index (χ4v) is 2.87. The van der Waals surface area contributed by atoms with Gasteiger partial charge in [0.2, 0.25) is 0 Å². The van der Waals surface area contributed by atoms with Gasteiger partial charge in [0.05, 0.1) is 0 Å². The molecule has 0 bridgehead atoms. The van der Waals surface area contributed by atoms with Gasteiger partial charge in [0.25, 0.3) is 0 Å². The largest absolute Gasteiger partial charge is 0.398 e. The van der Waals surface area contributed by atoms with Crippen LogP contribution in [0.25, 0.3) is 11.4 Å². The maximum Gasteiger partial charge on any atom is 0.160 e. The Kier molecular flexibility index (Phi) is 3.01. The van der Waals surface area contributed by atoms with Crippen LogP contribution in [0, 0.1) is 6.92 Å². The molecule has 1 aliphatic carbocycles. The Balaban J connectivity index is 2.03. The van der Waals surface area contributed by atoms with Crippen molar-refractivity contribution >= 4 is 5.69 Å². The molecule has 0 aliphatic heterocycles. The van der Waals surface area contributed by atoms with Crippen LogP contribution < -0.4 is 5.73 Å². The van der Waals surface area contributed by atoms with Crippen molar-refractivity contribution in [2.75, 3.05) is 5.73 Å². The fraction of sp³-hybridized carbons (Fsp3) is 0.467. The van der Waals surface area contributed by atoms with E-state index in [0.717, 1.165) is 28.5 Å². The lowest BCUT2D eigenvalue weighted by molar-refractivity contribution is 0.648. The van der Waals surface area contributed by atoms with Crippen molar-refractivity contribution < 1.29 is 0 Å². The minimum Gasteiger partial charge on any atom is -0.398 e. The SMILES string of the molecule is Cc1cccc(-c2nc(C3CCCC3)nn2C)c1N. The number of nitrogens with zero attached hydrogens (tertiary/aromatic N) is 3. The van der Waals surface area contributed by atoms with Crippen molar-refractivity contribution in [2.45, 2.75) is 38.5 Å². The van der Waals surface area contributed by atoms with Crippen molar-refractivity contribution in [3.8, 4) is 11.4 Å². The van der Waals surface area contributed by atoms with E-state index >= 15 is 0 Å². The maximum absolute atomic E-state index is 6.17. The lowest BCUT2D eigenvalue weighted by Gasteiger charge is -2.06. The number of rotatable bonds is 2. The molecule has 0 saturated heterocycles. The second-order valence-electron chi connectivity index (χ2n) is 5.43. The summed E-state index contributed by atoms with van der Waals surface area (Å²) < 4.78 is 1.86. The summed E-state index contributed by atoms with van der Waals surface area (Å²) in [4.78, 5) is 4.74. The summed E-state index contributed by atoms with van der Waals surface area (Å²) in [5.74, 6) is 2.39. The number of anilines is 1. The van der Waals surface area contributed by atoms with Crippen LogP contribution in [0.15, 0.2) is 18.2 Å². The summed E-state index contributed by atoms with van der Waals surface area (Å²) in [5, 5.41) is 4.59. The van der Waals surface area contributed by atoms with E-state index in [0.29, 0.717) is 5.92 Å². The molecule has 0 amide bonds. The number of aryl methyl sites for hydroxylation is 2. The van der Waals surface area contributed by atoms with Crippen molar-refractivity contribution in [1.82, 2.24) is 14.8 Å². The summed E-state index contributed by atoms with van der Waals surface area (Å²) in [6.45, 7) is 2.02. The summed E-state index contributed by atoms with van der Waals surface area (Å²) in [7, 11) is 1.95.